The van der Waals surface area contributed by atoms with Crippen LogP contribution < -0.4 is 4.90 Å². The first-order chi connectivity index (χ1) is 9.24. The van der Waals surface area contributed by atoms with Crippen molar-refractivity contribution in [2.24, 2.45) is 0 Å². The molecule has 0 amide bonds. The number of ether oxygens (including phenoxy) is 1. The van der Waals surface area contributed by atoms with Crippen LogP contribution in [0.2, 0.25) is 0 Å². The number of nitrogens with zero attached hydrogens (tertiary/aromatic N) is 3. The van der Waals surface area contributed by atoms with Crippen LogP contribution in [-0.4, -0.2) is 41.5 Å². The van der Waals surface area contributed by atoms with E-state index in [2.05, 4.69) is 15.2 Å². The lowest BCUT2D eigenvalue weighted by molar-refractivity contribution is 0.122. The average molecular weight is 262 g/mol. The van der Waals surface area contributed by atoms with Gasteiger partial charge in [0.05, 0.1) is 18.8 Å². The molecule has 1 aliphatic rings. The smallest absolute Gasteiger partial charge is 0.245 e. The van der Waals surface area contributed by atoms with Crippen LogP contribution in [-0.2, 0) is 4.74 Å². The summed E-state index contributed by atoms with van der Waals surface area (Å²) in [5.41, 5.74) is 1.44. The quantitative estimate of drug-likeness (QED) is 0.896. The van der Waals surface area contributed by atoms with Crippen LogP contribution in [0.1, 0.15) is 5.56 Å². The average Bonchev–Trinajstić information content (AvgIpc) is 2.92. The number of benzene rings is 1. The summed E-state index contributed by atoms with van der Waals surface area (Å²) < 4.78 is 19.1. The maximum Gasteiger partial charge on any atom is 0.245 e. The summed E-state index contributed by atoms with van der Waals surface area (Å²) in [5.74, 6) is 0.761. The maximum absolute atomic E-state index is 13.8. The number of aryl methyl sites for hydroxylation is 1. The summed E-state index contributed by atoms with van der Waals surface area (Å²) >= 11 is 0. The minimum absolute atomic E-state index is 0.296. The summed E-state index contributed by atoms with van der Waals surface area (Å²) in [6, 6.07) is 4.94. The second-order valence-corrected chi connectivity index (χ2v) is 4.57. The zero-order valence-electron chi connectivity index (χ0n) is 10.7. The van der Waals surface area contributed by atoms with Gasteiger partial charge in [0.2, 0.25) is 5.95 Å². The van der Waals surface area contributed by atoms with Gasteiger partial charge in [-0.25, -0.2) is 4.39 Å². The normalized spacial score (nSPS) is 15.8. The van der Waals surface area contributed by atoms with Gasteiger partial charge in [-0.1, -0.05) is 11.6 Å². The Labute approximate surface area is 110 Å². The summed E-state index contributed by atoms with van der Waals surface area (Å²) in [4.78, 5) is 6.39. The molecule has 2 heterocycles. The van der Waals surface area contributed by atoms with Gasteiger partial charge in [-0.15, -0.1) is 5.10 Å². The number of H-pyrrole nitrogens is 1. The van der Waals surface area contributed by atoms with Crippen molar-refractivity contribution in [2.45, 2.75) is 6.92 Å². The standard InChI is InChI=1S/C13H15FN4O/c1-9-2-3-11(14)10(8-9)12-15-13(17-16-12)18-4-6-19-7-5-18/h2-3,8H,4-7H2,1H3,(H,15,16,17). The fourth-order valence-electron chi connectivity index (χ4n) is 2.10. The van der Waals surface area contributed by atoms with Crippen molar-refractivity contribution in [2.75, 3.05) is 31.2 Å². The molecule has 1 aromatic heterocycles. The Kier molecular flexibility index (Phi) is 3.16. The van der Waals surface area contributed by atoms with Crippen LogP contribution in [0.3, 0.4) is 0 Å². The molecule has 0 atom stereocenters. The van der Waals surface area contributed by atoms with Crippen LogP contribution in [0.25, 0.3) is 11.4 Å². The topological polar surface area (TPSA) is 54.0 Å². The molecule has 3 rings (SSSR count). The van der Waals surface area contributed by atoms with E-state index in [4.69, 9.17) is 4.74 Å². The number of rotatable bonds is 2. The van der Waals surface area contributed by atoms with Crippen LogP contribution in [0, 0.1) is 12.7 Å². The van der Waals surface area contributed by atoms with Gasteiger partial charge in [0.15, 0.2) is 5.82 Å². The number of nitrogens with one attached hydrogen (secondary N) is 1. The summed E-state index contributed by atoms with van der Waals surface area (Å²) in [5, 5.41) is 6.96. The summed E-state index contributed by atoms with van der Waals surface area (Å²) in [7, 11) is 0. The fourth-order valence-corrected chi connectivity index (χ4v) is 2.10. The molecule has 19 heavy (non-hydrogen) atoms. The third-order valence-corrected chi connectivity index (χ3v) is 3.14. The fraction of sp³-hybridized carbons (Fsp3) is 0.385. The number of anilines is 1. The highest BCUT2D eigenvalue weighted by Crippen LogP contribution is 2.22. The molecule has 6 heteroatoms. The van der Waals surface area contributed by atoms with Gasteiger partial charge in [-0.3, -0.25) is 5.10 Å². The minimum atomic E-state index is -0.296. The highest BCUT2D eigenvalue weighted by molar-refractivity contribution is 5.58. The van der Waals surface area contributed by atoms with Gasteiger partial charge in [-0.2, -0.15) is 4.98 Å². The van der Waals surface area contributed by atoms with E-state index in [0.29, 0.717) is 30.5 Å². The van der Waals surface area contributed by atoms with Crippen molar-refractivity contribution in [1.29, 1.82) is 0 Å². The lowest BCUT2D eigenvalue weighted by Gasteiger charge is -2.25. The Hall–Kier alpha value is -1.95. The van der Waals surface area contributed by atoms with Crippen molar-refractivity contribution in [1.82, 2.24) is 15.2 Å². The van der Waals surface area contributed by atoms with E-state index in [1.807, 2.05) is 11.8 Å². The van der Waals surface area contributed by atoms with E-state index in [9.17, 15) is 4.39 Å². The zero-order chi connectivity index (χ0) is 13.2. The third-order valence-electron chi connectivity index (χ3n) is 3.14. The molecule has 1 N–H and O–H groups in total. The van der Waals surface area contributed by atoms with Gasteiger partial charge in [0.25, 0.3) is 0 Å². The molecule has 2 aromatic rings. The molecular weight excluding hydrogens is 247 g/mol. The second kappa shape index (κ2) is 4.97. The van der Waals surface area contributed by atoms with Gasteiger partial charge < -0.3 is 9.64 Å². The van der Waals surface area contributed by atoms with Crippen LogP contribution in [0.4, 0.5) is 10.3 Å². The first-order valence-electron chi connectivity index (χ1n) is 6.25. The van der Waals surface area contributed by atoms with E-state index < -0.39 is 0 Å². The van der Waals surface area contributed by atoms with Gasteiger partial charge in [0.1, 0.15) is 5.82 Å². The van der Waals surface area contributed by atoms with Crippen molar-refractivity contribution < 1.29 is 9.13 Å². The largest absolute Gasteiger partial charge is 0.378 e. The number of aromatic amines is 1. The van der Waals surface area contributed by atoms with E-state index in [0.717, 1.165) is 18.7 Å². The molecule has 0 unspecified atom stereocenters. The Morgan fingerprint density at radius 1 is 1.32 bits per heavy atom. The molecule has 0 saturated carbocycles. The Morgan fingerprint density at radius 3 is 2.89 bits per heavy atom. The molecule has 0 bridgehead atoms. The maximum atomic E-state index is 13.8. The SMILES string of the molecule is Cc1ccc(F)c(-c2nc(N3CCOCC3)n[nH]2)c1. The molecule has 100 valence electrons. The van der Waals surface area contributed by atoms with Crippen LogP contribution in [0.15, 0.2) is 18.2 Å². The summed E-state index contributed by atoms with van der Waals surface area (Å²) in [6.07, 6.45) is 0. The van der Waals surface area contributed by atoms with Crippen molar-refractivity contribution in [3.63, 3.8) is 0 Å². The first kappa shape index (κ1) is 12.1. The van der Waals surface area contributed by atoms with Crippen molar-refractivity contribution in [3.05, 3.63) is 29.6 Å². The molecule has 1 aliphatic heterocycles. The van der Waals surface area contributed by atoms with E-state index >= 15 is 0 Å². The Balaban J connectivity index is 1.89. The van der Waals surface area contributed by atoms with Crippen molar-refractivity contribution >= 4 is 5.95 Å². The van der Waals surface area contributed by atoms with E-state index in [1.165, 1.54) is 6.07 Å². The van der Waals surface area contributed by atoms with Crippen LogP contribution in [0.5, 0.6) is 0 Å². The minimum Gasteiger partial charge on any atom is -0.378 e. The molecule has 5 nitrogen and oxygen atoms in total. The second-order valence-electron chi connectivity index (χ2n) is 4.57. The zero-order valence-corrected chi connectivity index (χ0v) is 10.7. The van der Waals surface area contributed by atoms with E-state index in [-0.39, 0.29) is 5.82 Å². The summed E-state index contributed by atoms with van der Waals surface area (Å²) in [6.45, 7) is 4.77. The molecule has 1 saturated heterocycles. The van der Waals surface area contributed by atoms with Crippen molar-refractivity contribution in [3.8, 4) is 11.4 Å². The molecular formula is C13H15FN4O. The molecule has 0 aliphatic carbocycles. The monoisotopic (exact) mass is 262 g/mol. The highest BCUT2D eigenvalue weighted by atomic mass is 19.1. The number of hydrogen-bond donors (Lipinski definition) is 1. The van der Waals surface area contributed by atoms with E-state index in [1.54, 1.807) is 12.1 Å². The Bertz CT molecular complexity index is 578. The van der Waals surface area contributed by atoms with Gasteiger partial charge in [0, 0.05) is 13.1 Å². The Morgan fingerprint density at radius 2 is 2.11 bits per heavy atom. The number of hydrogen-bond acceptors (Lipinski definition) is 4. The lowest BCUT2D eigenvalue weighted by atomic mass is 10.1. The predicted molar refractivity (Wildman–Crippen MR) is 69.5 cm³/mol. The molecule has 1 fully saturated rings. The number of morpholine rings is 1. The van der Waals surface area contributed by atoms with Gasteiger partial charge >= 0.3 is 0 Å². The molecule has 1 aromatic carbocycles. The first-order valence-corrected chi connectivity index (χ1v) is 6.25. The number of aromatic nitrogens is 3. The molecule has 0 spiro atoms. The lowest BCUT2D eigenvalue weighted by Crippen LogP contribution is -2.36. The van der Waals surface area contributed by atoms with Gasteiger partial charge in [-0.05, 0) is 19.1 Å². The number of halogens is 1. The molecule has 0 radical (unpaired) electrons. The third kappa shape index (κ3) is 2.44. The highest BCUT2D eigenvalue weighted by Gasteiger charge is 2.17. The predicted octanol–water partition coefficient (Wildman–Crippen LogP) is 1.76. The van der Waals surface area contributed by atoms with Crippen LogP contribution >= 0.6 is 0 Å².